The molecule has 0 saturated heterocycles. The van der Waals surface area contributed by atoms with Gasteiger partial charge in [-0.05, 0) is 37.2 Å². The minimum Gasteiger partial charge on any atom is -0.328 e. The maximum Gasteiger partial charge on any atom is 0.00392 e. The fourth-order valence-electron chi connectivity index (χ4n) is 2.18. The molecule has 1 aliphatic carbocycles. The van der Waals surface area contributed by atoms with Crippen molar-refractivity contribution in [1.82, 2.24) is 0 Å². The van der Waals surface area contributed by atoms with Gasteiger partial charge in [0, 0.05) is 6.04 Å². The lowest BCUT2D eigenvalue weighted by Crippen LogP contribution is -2.25. The van der Waals surface area contributed by atoms with E-state index in [-0.39, 0.29) is 0 Å². The first-order valence-electron chi connectivity index (χ1n) is 5.17. The highest BCUT2D eigenvalue weighted by Gasteiger charge is 2.19. The van der Waals surface area contributed by atoms with Crippen molar-refractivity contribution in [2.75, 3.05) is 0 Å². The molecule has 2 rings (SSSR count). The summed E-state index contributed by atoms with van der Waals surface area (Å²) in [7, 11) is 0. The minimum atomic E-state index is 0.458. The molecule has 0 radical (unpaired) electrons. The van der Waals surface area contributed by atoms with Crippen LogP contribution >= 0.6 is 0 Å². The molecule has 0 spiro atoms. The van der Waals surface area contributed by atoms with Crippen LogP contribution in [0.25, 0.3) is 0 Å². The Morgan fingerprint density at radius 2 is 1.54 bits per heavy atom. The average molecular weight is 175 g/mol. The maximum absolute atomic E-state index is 5.88. The number of rotatable bonds is 1. The molecule has 1 heteroatoms. The summed E-state index contributed by atoms with van der Waals surface area (Å²) in [4.78, 5) is 0. The van der Waals surface area contributed by atoms with Crippen molar-refractivity contribution < 1.29 is 0 Å². The molecule has 1 fully saturated rings. The lowest BCUT2D eigenvalue weighted by molar-refractivity contribution is 0.395. The van der Waals surface area contributed by atoms with Crippen molar-refractivity contribution in [2.24, 2.45) is 5.73 Å². The summed E-state index contributed by atoms with van der Waals surface area (Å²) in [5.74, 6) is 0.765. The Morgan fingerprint density at radius 1 is 0.923 bits per heavy atom. The van der Waals surface area contributed by atoms with Crippen molar-refractivity contribution in [3.05, 3.63) is 35.9 Å². The van der Waals surface area contributed by atoms with Crippen LogP contribution in [0, 0.1) is 0 Å². The molecule has 1 saturated carbocycles. The zero-order chi connectivity index (χ0) is 9.10. The molecule has 70 valence electrons. The van der Waals surface area contributed by atoms with Crippen LogP contribution in [0.4, 0.5) is 0 Å². The molecule has 0 heterocycles. The van der Waals surface area contributed by atoms with Crippen molar-refractivity contribution in [1.29, 1.82) is 0 Å². The molecule has 1 aromatic rings. The van der Waals surface area contributed by atoms with Gasteiger partial charge in [0.25, 0.3) is 0 Å². The largest absolute Gasteiger partial charge is 0.328 e. The molecule has 0 aliphatic heterocycles. The van der Waals surface area contributed by atoms with E-state index in [1.165, 1.54) is 31.2 Å². The predicted molar refractivity (Wildman–Crippen MR) is 55.6 cm³/mol. The molecule has 0 aromatic heterocycles. The van der Waals surface area contributed by atoms with Gasteiger partial charge in [-0.3, -0.25) is 0 Å². The van der Waals surface area contributed by atoms with Gasteiger partial charge in [0.1, 0.15) is 0 Å². The molecule has 0 bridgehead atoms. The number of hydrogen-bond donors (Lipinski definition) is 1. The van der Waals surface area contributed by atoms with E-state index in [4.69, 9.17) is 5.73 Å². The predicted octanol–water partition coefficient (Wildman–Crippen LogP) is 2.67. The van der Waals surface area contributed by atoms with Gasteiger partial charge in [-0.2, -0.15) is 0 Å². The van der Waals surface area contributed by atoms with Crippen LogP contribution < -0.4 is 5.73 Å². The zero-order valence-corrected chi connectivity index (χ0v) is 7.95. The van der Waals surface area contributed by atoms with Crippen LogP contribution in [-0.2, 0) is 0 Å². The molecule has 1 aliphatic rings. The highest BCUT2D eigenvalue weighted by atomic mass is 14.6. The molecule has 1 nitrogen and oxygen atoms in total. The molecular weight excluding hydrogens is 158 g/mol. The number of hydrogen-bond acceptors (Lipinski definition) is 1. The van der Waals surface area contributed by atoms with E-state index in [1.54, 1.807) is 0 Å². The first-order chi connectivity index (χ1) is 6.36. The Kier molecular flexibility index (Phi) is 2.65. The first-order valence-corrected chi connectivity index (χ1v) is 5.17. The third-order valence-corrected chi connectivity index (χ3v) is 3.04. The van der Waals surface area contributed by atoms with Gasteiger partial charge < -0.3 is 5.73 Å². The summed E-state index contributed by atoms with van der Waals surface area (Å²) in [5.41, 5.74) is 7.37. The van der Waals surface area contributed by atoms with E-state index in [1.807, 2.05) is 0 Å². The van der Waals surface area contributed by atoms with E-state index in [9.17, 15) is 0 Å². The molecule has 0 unspecified atom stereocenters. The van der Waals surface area contributed by atoms with E-state index in [0.717, 1.165) is 5.92 Å². The topological polar surface area (TPSA) is 26.0 Å². The summed E-state index contributed by atoms with van der Waals surface area (Å²) in [5, 5.41) is 0. The normalized spacial score (nSPS) is 28.7. The second-order valence-electron chi connectivity index (χ2n) is 4.02. The van der Waals surface area contributed by atoms with Gasteiger partial charge in [0.05, 0.1) is 0 Å². The molecule has 0 atom stereocenters. The minimum absolute atomic E-state index is 0.458. The summed E-state index contributed by atoms with van der Waals surface area (Å²) >= 11 is 0. The lowest BCUT2D eigenvalue weighted by atomic mass is 9.82. The maximum atomic E-state index is 5.88. The van der Waals surface area contributed by atoms with Crippen LogP contribution in [0.3, 0.4) is 0 Å². The average Bonchev–Trinajstić information content (AvgIpc) is 2.20. The Morgan fingerprint density at radius 3 is 2.15 bits per heavy atom. The molecule has 13 heavy (non-hydrogen) atoms. The second-order valence-corrected chi connectivity index (χ2v) is 4.02. The van der Waals surface area contributed by atoms with Crippen molar-refractivity contribution in [2.45, 2.75) is 37.6 Å². The van der Waals surface area contributed by atoms with Crippen molar-refractivity contribution in [3.63, 3.8) is 0 Å². The standard InChI is InChI=1S/C12H17N/c13-12-8-6-11(7-9-12)10-4-2-1-3-5-10/h1-5,11-12H,6-9,13H2/t11-,12+. The fourth-order valence-corrected chi connectivity index (χ4v) is 2.18. The lowest BCUT2D eigenvalue weighted by Gasteiger charge is -2.26. The smallest absolute Gasteiger partial charge is 0.00392 e. The highest BCUT2D eigenvalue weighted by Crippen LogP contribution is 2.31. The monoisotopic (exact) mass is 175 g/mol. The molecule has 1 aromatic carbocycles. The van der Waals surface area contributed by atoms with Gasteiger partial charge in [-0.25, -0.2) is 0 Å². The third kappa shape index (κ3) is 2.10. The Balaban J connectivity index is 2.03. The number of nitrogens with two attached hydrogens (primary N) is 1. The Hall–Kier alpha value is -0.820. The van der Waals surface area contributed by atoms with Crippen LogP contribution in [0.2, 0.25) is 0 Å². The van der Waals surface area contributed by atoms with Gasteiger partial charge in [0.2, 0.25) is 0 Å². The van der Waals surface area contributed by atoms with Crippen molar-refractivity contribution >= 4 is 0 Å². The number of benzene rings is 1. The van der Waals surface area contributed by atoms with Crippen LogP contribution in [-0.4, -0.2) is 6.04 Å². The zero-order valence-electron chi connectivity index (χ0n) is 7.95. The fraction of sp³-hybridized carbons (Fsp3) is 0.500. The summed E-state index contributed by atoms with van der Waals surface area (Å²) in [6.45, 7) is 0. The Bertz CT molecular complexity index is 247. The summed E-state index contributed by atoms with van der Waals surface area (Å²) < 4.78 is 0. The van der Waals surface area contributed by atoms with Crippen LogP contribution in [0.5, 0.6) is 0 Å². The molecular formula is C12H17N. The molecule has 2 N–H and O–H groups in total. The second kappa shape index (κ2) is 3.93. The van der Waals surface area contributed by atoms with Crippen LogP contribution in [0.15, 0.2) is 30.3 Å². The van der Waals surface area contributed by atoms with Crippen LogP contribution in [0.1, 0.15) is 37.2 Å². The summed E-state index contributed by atoms with van der Waals surface area (Å²) in [6.07, 6.45) is 4.93. The van der Waals surface area contributed by atoms with Gasteiger partial charge in [0.15, 0.2) is 0 Å². The van der Waals surface area contributed by atoms with E-state index >= 15 is 0 Å². The highest BCUT2D eigenvalue weighted by molar-refractivity contribution is 5.19. The Labute approximate surface area is 80.0 Å². The van der Waals surface area contributed by atoms with E-state index < -0.39 is 0 Å². The van der Waals surface area contributed by atoms with E-state index in [0.29, 0.717) is 6.04 Å². The van der Waals surface area contributed by atoms with Gasteiger partial charge in [-0.15, -0.1) is 0 Å². The van der Waals surface area contributed by atoms with Crippen molar-refractivity contribution in [3.8, 4) is 0 Å². The van der Waals surface area contributed by atoms with E-state index in [2.05, 4.69) is 30.3 Å². The quantitative estimate of drug-likeness (QED) is 0.697. The summed E-state index contributed by atoms with van der Waals surface area (Å²) in [6, 6.07) is 11.3. The van der Waals surface area contributed by atoms with Gasteiger partial charge >= 0.3 is 0 Å². The SMILES string of the molecule is N[C@H]1CC[C@@H](c2ccccc2)CC1. The molecule has 0 amide bonds. The third-order valence-electron chi connectivity index (χ3n) is 3.04. The van der Waals surface area contributed by atoms with Gasteiger partial charge in [-0.1, -0.05) is 30.3 Å². The first kappa shape index (κ1) is 8.76.